The van der Waals surface area contributed by atoms with E-state index in [0.717, 1.165) is 31.2 Å². The minimum absolute atomic E-state index is 0.116. The second-order valence-corrected chi connectivity index (χ2v) is 9.17. The van der Waals surface area contributed by atoms with Gasteiger partial charge in [0, 0.05) is 25.8 Å². The van der Waals surface area contributed by atoms with Gasteiger partial charge in [0.2, 0.25) is 11.0 Å². The van der Waals surface area contributed by atoms with Crippen molar-refractivity contribution in [2.24, 2.45) is 0 Å². The first kappa shape index (κ1) is 22.0. The number of likely N-dealkylation sites (N-methyl/N-ethyl adjacent to an activating group) is 1. The summed E-state index contributed by atoms with van der Waals surface area (Å²) < 4.78 is 32.1. The highest BCUT2D eigenvalue weighted by molar-refractivity contribution is 7.89. The third kappa shape index (κ3) is 4.91. The van der Waals surface area contributed by atoms with Gasteiger partial charge in [0.25, 0.3) is 15.9 Å². The molecular formula is C21H27N3O5S. The van der Waals surface area contributed by atoms with Crippen LogP contribution in [0.4, 0.5) is 5.69 Å². The minimum atomic E-state index is -3.76. The fraction of sp³-hybridized carbons (Fsp3) is 0.429. The number of nitrogens with zero attached hydrogens (tertiary/aromatic N) is 2. The van der Waals surface area contributed by atoms with Gasteiger partial charge in [0.1, 0.15) is 0 Å². The highest BCUT2D eigenvalue weighted by Gasteiger charge is 2.30. The van der Waals surface area contributed by atoms with Crippen molar-refractivity contribution < 1.29 is 22.4 Å². The van der Waals surface area contributed by atoms with Gasteiger partial charge < -0.3 is 14.6 Å². The number of aryl methyl sites for hydroxylation is 1. The van der Waals surface area contributed by atoms with Crippen molar-refractivity contribution >= 4 is 27.5 Å². The fourth-order valence-corrected chi connectivity index (χ4v) is 4.85. The number of furan rings is 1. The molecule has 0 aliphatic carbocycles. The molecule has 2 amide bonds. The van der Waals surface area contributed by atoms with Crippen molar-refractivity contribution in [3.8, 4) is 0 Å². The van der Waals surface area contributed by atoms with Gasteiger partial charge in [0.05, 0.1) is 6.54 Å². The molecule has 162 valence electrons. The number of sulfonamides is 1. The zero-order chi connectivity index (χ0) is 21.7. The molecule has 1 aliphatic rings. The van der Waals surface area contributed by atoms with E-state index in [4.69, 9.17) is 4.42 Å². The van der Waals surface area contributed by atoms with E-state index in [9.17, 15) is 18.0 Å². The predicted octanol–water partition coefficient (Wildman–Crippen LogP) is 2.73. The van der Waals surface area contributed by atoms with E-state index >= 15 is 0 Å². The van der Waals surface area contributed by atoms with Crippen molar-refractivity contribution in [1.82, 2.24) is 9.21 Å². The molecule has 0 unspecified atom stereocenters. The molecule has 1 aliphatic heterocycles. The maximum Gasteiger partial charge on any atom is 0.289 e. The average Bonchev–Trinajstić information content (AvgIpc) is 3.25. The van der Waals surface area contributed by atoms with Crippen LogP contribution < -0.4 is 5.32 Å². The van der Waals surface area contributed by atoms with Gasteiger partial charge >= 0.3 is 0 Å². The van der Waals surface area contributed by atoms with Crippen LogP contribution >= 0.6 is 0 Å². The number of carbonyl (C=O) groups is 2. The summed E-state index contributed by atoms with van der Waals surface area (Å²) >= 11 is 0. The number of rotatable bonds is 7. The summed E-state index contributed by atoms with van der Waals surface area (Å²) in [7, 11) is -2.29. The molecule has 2 heterocycles. The van der Waals surface area contributed by atoms with Gasteiger partial charge in [-0.15, -0.1) is 0 Å². The number of piperidine rings is 1. The molecule has 1 aromatic heterocycles. The Balaban J connectivity index is 1.64. The van der Waals surface area contributed by atoms with E-state index < -0.39 is 15.9 Å². The lowest BCUT2D eigenvalue weighted by Gasteiger charge is -2.24. The van der Waals surface area contributed by atoms with Crippen molar-refractivity contribution in [2.75, 3.05) is 32.0 Å². The number of para-hydroxylation sites is 1. The summed E-state index contributed by atoms with van der Waals surface area (Å²) in [6.07, 6.45) is 3.39. The van der Waals surface area contributed by atoms with E-state index in [1.807, 2.05) is 31.2 Å². The highest BCUT2D eigenvalue weighted by Crippen LogP contribution is 2.23. The van der Waals surface area contributed by atoms with Crippen molar-refractivity contribution in [2.45, 2.75) is 37.7 Å². The molecule has 0 spiro atoms. The molecule has 0 radical (unpaired) electrons. The van der Waals surface area contributed by atoms with E-state index in [-0.39, 0.29) is 23.3 Å². The molecule has 1 saturated heterocycles. The molecule has 8 nitrogen and oxygen atoms in total. The van der Waals surface area contributed by atoms with Crippen LogP contribution in [-0.2, 0) is 21.2 Å². The Labute approximate surface area is 176 Å². The number of carbonyl (C=O) groups excluding carboxylic acids is 2. The lowest BCUT2D eigenvalue weighted by atomic mass is 10.1. The first-order valence-electron chi connectivity index (χ1n) is 10.1. The Morgan fingerprint density at radius 3 is 2.50 bits per heavy atom. The lowest BCUT2D eigenvalue weighted by Crippen LogP contribution is -2.35. The molecule has 30 heavy (non-hydrogen) atoms. The molecule has 2 aromatic rings. The van der Waals surface area contributed by atoms with E-state index in [1.165, 1.54) is 28.4 Å². The summed E-state index contributed by atoms with van der Waals surface area (Å²) in [5.41, 5.74) is 1.71. The average molecular weight is 434 g/mol. The molecule has 9 heteroatoms. The number of hydrogen-bond donors (Lipinski definition) is 1. The fourth-order valence-electron chi connectivity index (χ4n) is 3.42. The van der Waals surface area contributed by atoms with Gasteiger partial charge in [-0.25, -0.2) is 8.42 Å². The zero-order valence-electron chi connectivity index (χ0n) is 17.3. The van der Waals surface area contributed by atoms with E-state index in [2.05, 4.69) is 5.32 Å². The zero-order valence-corrected chi connectivity index (χ0v) is 18.1. The summed E-state index contributed by atoms with van der Waals surface area (Å²) in [6, 6.07) is 10.1. The Morgan fingerprint density at radius 2 is 1.80 bits per heavy atom. The molecule has 3 rings (SSSR count). The van der Waals surface area contributed by atoms with Gasteiger partial charge in [-0.3, -0.25) is 9.59 Å². The molecule has 1 fully saturated rings. The predicted molar refractivity (Wildman–Crippen MR) is 113 cm³/mol. The maximum atomic E-state index is 12.7. The van der Waals surface area contributed by atoms with Crippen molar-refractivity contribution in [3.05, 3.63) is 47.7 Å². The molecule has 1 N–H and O–H groups in total. The highest BCUT2D eigenvalue weighted by atomic mass is 32.2. The molecular weight excluding hydrogens is 406 g/mol. The van der Waals surface area contributed by atoms with Gasteiger partial charge in [0.15, 0.2) is 5.76 Å². The molecule has 0 atom stereocenters. The Morgan fingerprint density at radius 1 is 1.10 bits per heavy atom. The number of nitrogens with one attached hydrogen (secondary N) is 1. The first-order valence-corrected chi connectivity index (χ1v) is 11.5. The second-order valence-electron chi connectivity index (χ2n) is 7.30. The quantitative estimate of drug-likeness (QED) is 0.724. The minimum Gasteiger partial charge on any atom is -0.438 e. The van der Waals surface area contributed by atoms with E-state index in [1.54, 1.807) is 0 Å². The topological polar surface area (TPSA) is 99.9 Å². The Bertz CT molecular complexity index is 1010. The van der Waals surface area contributed by atoms with Crippen LogP contribution in [0.2, 0.25) is 0 Å². The Hall–Kier alpha value is -2.65. The third-order valence-corrected chi connectivity index (χ3v) is 6.87. The molecule has 1 aromatic carbocycles. The van der Waals surface area contributed by atoms with Crippen molar-refractivity contribution in [3.63, 3.8) is 0 Å². The van der Waals surface area contributed by atoms with Gasteiger partial charge in [-0.2, -0.15) is 4.31 Å². The summed E-state index contributed by atoms with van der Waals surface area (Å²) in [5, 5.41) is 2.56. The van der Waals surface area contributed by atoms with Crippen molar-refractivity contribution in [1.29, 1.82) is 0 Å². The van der Waals surface area contributed by atoms with Crippen LogP contribution in [0.5, 0.6) is 0 Å². The number of amides is 2. The lowest BCUT2D eigenvalue weighted by molar-refractivity contribution is -0.116. The van der Waals surface area contributed by atoms with Crippen LogP contribution in [0.25, 0.3) is 0 Å². The number of hydrogen-bond acceptors (Lipinski definition) is 5. The maximum absolute atomic E-state index is 12.7. The standard InChI is InChI=1S/C21H27N3O5S/c1-3-16-9-5-6-10-17(16)22-19(25)15-23(2)21(26)18-11-12-20(29-18)30(27,28)24-13-7-4-8-14-24/h5-6,9-12H,3-4,7-8,13-15H2,1-2H3,(H,22,25). The van der Waals surface area contributed by atoms with Crippen LogP contribution in [0.15, 0.2) is 45.9 Å². The van der Waals surface area contributed by atoms with Gasteiger partial charge in [-0.05, 0) is 43.0 Å². The monoisotopic (exact) mass is 433 g/mol. The third-order valence-electron chi connectivity index (χ3n) is 5.10. The van der Waals surface area contributed by atoms with Gasteiger partial charge in [-0.1, -0.05) is 31.5 Å². The van der Waals surface area contributed by atoms with Crippen LogP contribution in [-0.4, -0.2) is 56.1 Å². The van der Waals surface area contributed by atoms with Crippen LogP contribution in [0.3, 0.4) is 0 Å². The summed E-state index contributed by atoms with van der Waals surface area (Å²) in [4.78, 5) is 26.2. The number of anilines is 1. The largest absolute Gasteiger partial charge is 0.438 e. The Kier molecular flexibility index (Phi) is 6.94. The van der Waals surface area contributed by atoms with E-state index in [0.29, 0.717) is 18.8 Å². The summed E-state index contributed by atoms with van der Waals surface area (Å²) in [6.45, 7) is 2.70. The summed E-state index contributed by atoms with van der Waals surface area (Å²) in [5.74, 6) is -1.02. The number of benzene rings is 1. The molecule has 0 saturated carbocycles. The SMILES string of the molecule is CCc1ccccc1NC(=O)CN(C)C(=O)c1ccc(S(=O)(=O)N2CCCCC2)o1. The normalized spacial score (nSPS) is 15.0. The first-order chi connectivity index (χ1) is 14.3. The van der Waals surface area contributed by atoms with Crippen LogP contribution in [0.1, 0.15) is 42.3 Å². The smallest absolute Gasteiger partial charge is 0.289 e. The molecule has 0 bridgehead atoms. The second kappa shape index (κ2) is 9.44. The van der Waals surface area contributed by atoms with Crippen LogP contribution in [0, 0.1) is 0 Å².